The van der Waals surface area contributed by atoms with Crippen LogP contribution in [0.3, 0.4) is 0 Å². The topological polar surface area (TPSA) is 54.7 Å². The lowest BCUT2D eigenvalue weighted by molar-refractivity contribution is 0.609. The number of imidazole rings is 1. The first-order valence-corrected chi connectivity index (χ1v) is 7.08. The molecule has 0 fully saturated rings. The second-order valence-corrected chi connectivity index (χ2v) is 5.10. The quantitative estimate of drug-likeness (QED) is 0.748. The van der Waals surface area contributed by atoms with Crippen molar-refractivity contribution in [3.8, 4) is 11.3 Å². The third-order valence-corrected chi connectivity index (χ3v) is 3.63. The van der Waals surface area contributed by atoms with Crippen LogP contribution in [0, 0.1) is 0 Å². The molecule has 0 bridgehead atoms. The van der Waals surface area contributed by atoms with Gasteiger partial charge in [-0.1, -0.05) is 55.8 Å². The summed E-state index contributed by atoms with van der Waals surface area (Å²) < 4.78 is 0. The Kier molecular flexibility index (Phi) is 3.52. The van der Waals surface area contributed by atoms with Gasteiger partial charge in [0.2, 0.25) is 0 Å². The number of aromatic amines is 1. The molecule has 2 aromatic carbocycles. The Bertz CT molecular complexity index is 710. The van der Waals surface area contributed by atoms with Gasteiger partial charge in [0, 0.05) is 5.56 Å². The number of fused-ring (bicyclic) bond motifs is 1. The fourth-order valence-electron chi connectivity index (χ4n) is 2.57. The Balaban J connectivity index is 2.03. The van der Waals surface area contributed by atoms with Crippen molar-refractivity contribution in [1.82, 2.24) is 9.97 Å². The van der Waals surface area contributed by atoms with Gasteiger partial charge in [-0.05, 0) is 17.2 Å². The summed E-state index contributed by atoms with van der Waals surface area (Å²) in [5.41, 5.74) is 8.32. The lowest BCUT2D eigenvalue weighted by Crippen LogP contribution is -2.11. The molecule has 3 nitrogen and oxygen atoms in total. The maximum absolute atomic E-state index is 6.12. The summed E-state index contributed by atoms with van der Waals surface area (Å²) in [6, 6.07) is 14.7. The third-order valence-electron chi connectivity index (χ3n) is 3.63. The normalized spacial score (nSPS) is 12.7. The molecule has 0 amide bonds. The molecule has 0 aliphatic rings. The van der Waals surface area contributed by atoms with Crippen molar-refractivity contribution >= 4 is 10.8 Å². The fraction of sp³-hybridized carbons (Fsp3) is 0.235. The molecule has 102 valence electrons. The number of hydrogen-bond donors (Lipinski definition) is 2. The summed E-state index contributed by atoms with van der Waals surface area (Å²) >= 11 is 0. The molecule has 1 aromatic heterocycles. The summed E-state index contributed by atoms with van der Waals surface area (Å²) in [5, 5.41) is 2.47. The fourth-order valence-corrected chi connectivity index (χ4v) is 2.57. The summed E-state index contributed by atoms with van der Waals surface area (Å²) in [5.74, 6) is 0.870. The molecule has 20 heavy (non-hydrogen) atoms. The van der Waals surface area contributed by atoms with Crippen molar-refractivity contribution in [3.63, 3.8) is 0 Å². The number of H-pyrrole nitrogens is 1. The Morgan fingerprint density at radius 3 is 2.80 bits per heavy atom. The van der Waals surface area contributed by atoms with Crippen molar-refractivity contribution < 1.29 is 0 Å². The van der Waals surface area contributed by atoms with Gasteiger partial charge in [0.25, 0.3) is 0 Å². The molecule has 0 spiro atoms. The summed E-state index contributed by atoms with van der Waals surface area (Å²) in [7, 11) is 0. The van der Waals surface area contributed by atoms with Crippen molar-refractivity contribution in [2.75, 3.05) is 0 Å². The van der Waals surface area contributed by atoms with E-state index in [-0.39, 0.29) is 6.04 Å². The maximum atomic E-state index is 6.12. The van der Waals surface area contributed by atoms with Crippen LogP contribution in [0.5, 0.6) is 0 Å². The number of nitrogens with one attached hydrogen (secondary N) is 1. The van der Waals surface area contributed by atoms with Crippen LogP contribution in [-0.2, 0) is 0 Å². The van der Waals surface area contributed by atoms with Gasteiger partial charge in [0.15, 0.2) is 0 Å². The largest absolute Gasteiger partial charge is 0.341 e. The Morgan fingerprint density at radius 2 is 1.95 bits per heavy atom. The number of hydrogen-bond acceptors (Lipinski definition) is 2. The molecule has 3 N–H and O–H groups in total. The minimum absolute atomic E-state index is 0.0104. The minimum Gasteiger partial charge on any atom is -0.341 e. The Morgan fingerprint density at radius 1 is 1.15 bits per heavy atom. The van der Waals surface area contributed by atoms with Gasteiger partial charge in [-0.2, -0.15) is 0 Å². The minimum atomic E-state index is -0.0104. The molecule has 0 aliphatic carbocycles. The zero-order valence-electron chi connectivity index (χ0n) is 11.6. The van der Waals surface area contributed by atoms with E-state index in [1.54, 1.807) is 0 Å². The average Bonchev–Trinajstić information content (AvgIpc) is 2.97. The zero-order chi connectivity index (χ0) is 13.9. The highest BCUT2D eigenvalue weighted by atomic mass is 15.0. The third kappa shape index (κ3) is 2.32. The number of nitrogens with zero attached hydrogens (tertiary/aromatic N) is 1. The van der Waals surface area contributed by atoms with Crippen molar-refractivity contribution in [3.05, 3.63) is 54.5 Å². The molecular formula is C17H19N3. The van der Waals surface area contributed by atoms with Crippen molar-refractivity contribution in [1.29, 1.82) is 0 Å². The van der Waals surface area contributed by atoms with Crippen LogP contribution in [0.2, 0.25) is 0 Å². The van der Waals surface area contributed by atoms with Crippen LogP contribution in [0.15, 0.2) is 48.7 Å². The van der Waals surface area contributed by atoms with Crippen LogP contribution >= 0.6 is 0 Å². The second kappa shape index (κ2) is 5.47. The molecule has 0 aliphatic heterocycles. The van der Waals surface area contributed by atoms with Crippen LogP contribution in [0.25, 0.3) is 22.0 Å². The van der Waals surface area contributed by atoms with Gasteiger partial charge < -0.3 is 10.7 Å². The van der Waals surface area contributed by atoms with Gasteiger partial charge in [-0.25, -0.2) is 4.98 Å². The number of aromatic nitrogens is 2. The lowest BCUT2D eigenvalue weighted by atomic mass is 10.0. The van der Waals surface area contributed by atoms with E-state index in [9.17, 15) is 0 Å². The highest BCUT2D eigenvalue weighted by Crippen LogP contribution is 2.28. The van der Waals surface area contributed by atoms with Crippen molar-refractivity contribution in [2.45, 2.75) is 25.8 Å². The van der Waals surface area contributed by atoms with Crippen LogP contribution in [0.1, 0.15) is 31.6 Å². The zero-order valence-corrected chi connectivity index (χ0v) is 11.6. The second-order valence-electron chi connectivity index (χ2n) is 5.10. The smallest absolute Gasteiger partial charge is 0.123 e. The summed E-state index contributed by atoms with van der Waals surface area (Å²) in [4.78, 5) is 7.81. The molecular weight excluding hydrogens is 246 g/mol. The molecule has 1 atom stereocenters. The van der Waals surface area contributed by atoms with E-state index in [4.69, 9.17) is 5.73 Å². The van der Waals surface area contributed by atoms with E-state index in [0.717, 1.165) is 24.4 Å². The predicted octanol–water partition coefficient (Wildman–Crippen LogP) is 4.03. The standard InChI is InChI=1S/C17H19N3/c1-2-6-15(18)17-19-11-16(20-17)14-10-5-8-12-7-3-4-9-13(12)14/h3-5,7-11,15H,2,6,18H2,1H3,(H,19,20). The van der Waals surface area contributed by atoms with Crippen LogP contribution in [0.4, 0.5) is 0 Å². The Hall–Kier alpha value is -2.13. The lowest BCUT2D eigenvalue weighted by Gasteiger charge is -2.07. The van der Waals surface area contributed by atoms with E-state index < -0.39 is 0 Å². The van der Waals surface area contributed by atoms with E-state index >= 15 is 0 Å². The first-order chi connectivity index (χ1) is 9.79. The van der Waals surface area contributed by atoms with E-state index in [1.807, 2.05) is 6.20 Å². The van der Waals surface area contributed by atoms with Crippen LogP contribution in [-0.4, -0.2) is 9.97 Å². The monoisotopic (exact) mass is 265 g/mol. The molecule has 0 saturated heterocycles. The van der Waals surface area contributed by atoms with Crippen molar-refractivity contribution in [2.24, 2.45) is 5.73 Å². The first-order valence-electron chi connectivity index (χ1n) is 7.08. The van der Waals surface area contributed by atoms with E-state index in [0.29, 0.717) is 0 Å². The van der Waals surface area contributed by atoms with Crippen LogP contribution < -0.4 is 5.73 Å². The highest BCUT2D eigenvalue weighted by molar-refractivity contribution is 5.95. The average molecular weight is 265 g/mol. The number of benzene rings is 2. The van der Waals surface area contributed by atoms with Gasteiger partial charge in [-0.3, -0.25) is 0 Å². The van der Waals surface area contributed by atoms with E-state index in [2.05, 4.69) is 59.4 Å². The summed E-state index contributed by atoms with van der Waals surface area (Å²) in [6.45, 7) is 2.13. The highest BCUT2D eigenvalue weighted by Gasteiger charge is 2.11. The molecule has 3 heteroatoms. The molecule has 3 aromatic rings. The van der Waals surface area contributed by atoms with Gasteiger partial charge >= 0.3 is 0 Å². The summed E-state index contributed by atoms with van der Waals surface area (Å²) in [6.07, 6.45) is 3.89. The number of rotatable bonds is 4. The molecule has 1 unspecified atom stereocenters. The SMILES string of the molecule is CCCC(N)c1ncc(-c2cccc3ccccc23)[nH]1. The predicted molar refractivity (Wildman–Crippen MR) is 83.4 cm³/mol. The van der Waals surface area contributed by atoms with Gasteiger partial charge in [0.05, 0.1) is 17.9 Å². The molecule has 0 radical (unpaired) electrons. The number of nitrogens with two attached hydrogens (primary N) is 1. The maximum Gasteiger partial charge on any atom is 0.123 e. The van der Waals surface area contributed by atoms with Gasteiger partial charge in [0.1, 0.15) is 5.82 Å². The first kappa shape index (κ1) is 12.9. The Labute approximate surface area is 118 Å². The molecule has 3 rings (SSSR count). The molecule has 1 heterocycles. The van der Waals surface area contributed by atoms with Gasteiger partial charge in [-0.15, -0.1) is 0 Å². The van der Waals surface area contributed by atoms with E-state index in [1.165, 1.54) is 16.3 Å². The molecule has 0 saturated carbocycles.